The molecule has 0 aliphatic carbocycles. The van der Waals surface area contributed by atoms with Gasteiger partial charge in [0.25, 0.3) is 0 Å². The number of nitrogens with one attached hydrogen (secondary N) is 1. The summed E-state index contributed by atoms with van der Waals surface area (Å²) in [4.78, 5) is 27.5. The Bertz CT molecular complexity index is 522. The highest BCUT2D eigenvalue weighted by molar-refractivity contribution is 5.81. The smallest absolute Gasteiger partial charge is 0.237 e. The molecule has 5 nitrogen and oxygen atoms in total. The van der Waals surface area contributed by atoms with Crippen LogP contribution in [0.5, 0.6) is 0 Å². The van der Waals surface area contributed by atoms with Crippen molar-refractivity contribution >= 4 is 11.8 Å². The van der Waals surface area contributed by atoms with Crippen molar-refractivity contribution in [2.45, 2.75) is 26.8 Å². The normalized spacial score (nSPS) is 10.7. The molecular weight excluding hydrogens is 297 g/mol. The number of benzene rings is 1. The van der Waals surface area contributed by atoms with Crippen LogP contribution in [-0.4, -0.2) is 54.8 Å². The molecule has 0 atom stereocenters. The topological polar surface area (TPSA) is 52.7 Å². The molecule has 0 spiro atoms. The van der Waals surface area contributed by atoms with Crippen molar-refractivity contribution in [3.63, 3.8) is 0 Å². The van der Waals surface area contributed by atoms with Gasteiger partial charge in [0.1, 0.15) is 5.82 Å². The Morgan fingerprint density at radius 1 is 1.22 bits per heavy atom. The average molecular weight is 323 g/mol. The molecule has 128 valence electrons. The van der Waals surface area contributed by atoms with Gasteiger partial charge in [-0.1, -0.05) is 19.1 Å². The van der Waals surface area contributed by atoms with E-state index in [9.17, 15) is 14.0 Å². The summed E-state index contributed by atoms with van der Waals surface area (Å²) in [6.45, 7) is 5.86. The lowest BCUT2D eigenvalue weighted by molar-refractivity contribution is -0.133. The quantitative estimate of drug-likeness (QED) is 0.751. The van der Waals surface area contributed by atoms with Crippen LogP contribution in [0.2, 0.25) is 0 Å². The van der Waals surface area contributed by atoms with Gasteiger partial charge >= 0.3 is 0 Å². The second kappa shape index (κ2) is 9.94. The van der Waals surface area contributed by atoms with E-state index in [1.165, 1.54) is 12.1 Å². The second-order valence-electron chi connectivity index (χ2n) is 5.42. The number of hydrogen-bond acceptors (Lipinski definition) is 3. The third-order valence-corrected chi connectivity index (χ3v) is 3.54. The SMILES string of the molecule is CCCN(CC(=O)NC)CC(=O)N(CC)Cc1cccc(F)c1. The number of carbonyl (C=O) groups excluding carboxylic acids is 2. The lowest BCUT2D eigenvalue weighted by Gasteiger charge is -2.26. The van der Waals surface area contributed by atoms with Crippen LogP contribution in [-0.2, 0) is 16.1 Å². The third-order valence-electron chi connectivity index (χ3n) is 3.54. The molecule has 0 saturated heterocycles. The predicted octanol–water partition coefficient (Wildman–Crippen LogP) is 1.63. The highest BCUT2D eigenvalue weighted by atomic mass is 19.1. The molecule has 0 aliphatic heterocycles. The molecule has 0 saturated carbocycles. The van der Waals surface area contributed by atoms with E-state index in [1.807, 2.05) is 18.7 Å². The van der Waals surface area contributed by atoms with Gasteiger partial charge in [-0.05, 0) is 37.6 Å². The predicted molar refractivity (Wildman–Crippen MR) is 88.3 cm³/mol. The molecule has 2 amide bonds. The highest BCUT2D eigenvalue weighted by Crippen LogP contribution is 2.08. The molecule has 6 heteroatoms. The van der Waals surface area contributed by atoms with Gasteiger partial charge < -0.3 is 10.2 Å². The number of carbonyl (C=O) groups is 2. The lowest BCUT2D eigenvalue weighted by Crippen LogP contribution is -2.44. The molecule has 0 radical (unpaired) electrons. The van der Waals surface area contributed by atoms with Crippen LogP contribution in [0.4, 0.5) is 4.39 Å². The van der Waals surface area contributed by atoms with Crippen molar-refractivity contribution in [1.29, 1.82) is 0 Å². The zero-order chi connectivity index (χ0) is 17.2. The van der Waals surface area contributed by atoms with Gasteiger partial charge in [-0.3, -0.25) is 14.5 Å². The van der Waals surface area contributed by atoms with Crippen LogP contribution >= 0.6 is 0 Å². The number of halogens is 1. The molecule has 0 aromatic heterocycles. The van der Waals surface area contributed by atoms with Crippen LogP contribution in [0.1, 0.15) is 25.8 Å². The van der Waals surface area contributed by atoms with Gasteiger partial charge in [0.15, 0.2) is 0 Å². The van der Waals surface area contributed by atoms with E-state index >= 15 is 0 Å². The molecule has 1 aromatic carbocycles. The Hall–Kier alpha value is -1.95. The first-order valence-electron chi connectivity index (χ1n) is 7.95. The van der Waals surface area contributed by atoms with Gasteiger partial charge in [-0.15, -0.1) is 0 Å². The Morgan fingerprint density at radius 3 is 2.52 bits per heavy atom. The summed E-state index contributed by atoms with van der Waals surface area (Å²) in [5.74, 6) is -0.480. The van der Waals surface area contributed by atoms with E-state index in [0.29, 0.717) is 19.6 Å². The third kappa shape index (κ3) is 6.78. The summed E-state index contributed by atoms with van der Waals surface area (Å²) in [6, 6.07) is 6.25. The highest BCUT2D eigenvalue weighted by Gasteiger charge is 2.18. The molecule has 1 aromatic rings. The Labute approximate surface area is 137 Å². The average Bonchev–Trinajstić information content (AvgIpc) is 2.52. The first-order chi connectivity index (χ1) is 11.0. The summed E-state index contributed by atoms with van der Waals surface area (Å²) < 4.78 is 13.3. The summed E-state index contributed by atoms with van der Waals surface area (Å²) in [7, 11) is 1.58. The van der Waals surface area contributed by atoms with Gasteiger partial charge in [-0.2, -0.15) is 0 Å². The van der Waals surface area contributed by atoms with Crippen molar-refractivity contribution in [1.82, 2.24) is 15.1 Å². The van der Waals surface area contributed by atoms with Gasteiger partial charge in [0, 0.05) is 20.1 Å². The van der Waals surface area contributed by atoms with Crippen molar-refractivity contribution in [2.75, 3.05) is 33.2 Å². The van der Waals surface area contributed by atoms with E-state index < -0.39 is 0 Å². The monoisotopic (exact) mass is 323 g/mol. The van der Waals surface area contributed by atoms with Crippen LogP contribution in [0.3, 0.4) is 0 Å². The minimum Gasteiger partial charge on any atom is -0.358 e. The fraction of sp³-hybridized carbons (Fsp3) is 0.529. The van der Waals surface area contributed by atoms with Gasteiger partial charge in [-0.25, -0.2) is 4.39 Å². The molecule has 0 fully saturated rings. The van der Waals surface area contributed by atoms with E-state index in [2.05, 4.69) is 5.32 Å². The number of hydrogen-bond donors (Lipinski definition) is 1. The molecule has 23 heavy (non-hydrogen) atoms. The Morgan fingerprint density at radius 2 is 1.96 bits per heavy atom. The molecule has 0 heterocycles. The fourth-order valence-electron chi connectivity index (χ4n) is 2.34. The summed E-state index contributed by atoms with van der Waals surface area (Å²) >= 11 is 0. The maximum atomic E-state index is 13.3. The maximum absolute atomic E-state index is 13.3. The standard InChI is InChI=1S/C17H26FN3O2/c1-4-9-20(12-16(22)19-3)13-17(23)21(5-2)11-14-7-6-8-15(18)10-14/h6-8,10H,4-5,9,11-13H2,1-3H3,(H,19,22). The largest absolute Gasteiger partial charge is 0.358 e. The van der Waals surface area contributed by atoms with Crippen molar-refractivity contribution < 1.29 is 14.0 Å². The molecule has 0 bridgehead atoms. The van der Waals surface area contributed by atoms with E-state index in [4.69, 9.17) is 0 Å². The Balaban J connectivity index is 2.68. The molecule has 0 unspecified atom stereocenters. The molecule has 0 aliphatic rings. The van der Waals surface area contributed by atoms with Crippen molar-refractivity contribution in [3.8, 4) is 0 Å². The van der Waals surface area contributed by atoms with Crippen LogP contribution in [0.15, 0.2) is 24.3 Å². The van der Waals surface area contributed by atoms with Crippen LogP contribution in [0, 0.1) is 5.82 Å². The summed E-state index contributed by atoms with van der Waals surface area (Å²) in [5.41, 5.74) is 0.758. The first kappa shape index (κ1) is 19.1. The van der Waals surface area contributed by atoms with Crippen LogP contribution < -0.4 is 5.32 Å². The fourth-order valence-corrected chi connectivity index (χ4v) is 2.34. The minimum atomic E-state index is -0.307. The van der Waals surface area contributed by atoms with Gasteiger partial charge in [0.2, 0.25) is 11.8 Å². The summed E-state index contributed by atoms with van der Waals surface area (Å²) in [5, 5.41) is 2.57. The summed E-state index contributed by atoms with van der Waals surface area (Å²) in [6.07, 6.45) is 0.861. The second-order valence-corrected chi connectivity index (χ2v) is 5.42. The zero-order valence-corrected chi connectivity index (χ0v) is 14.1. The van der Waals surface area contributed by atoms with E-state index in [1.54, 1.807) is 24.1 Å². The molecule has 1 rings (SSSR count). The zero-order valence-electron chi connectivity index (χ0n) is 14.1. The minimum absolute atomic E-state index is 0.0610. The lowest BCUT2D eigenvalue weighted by atomic mass is 10.2. The number of nitrogens with zero attached hydrogens (tertiary/aromatic N) is 2. The Kier molecular flexibility index (Phi) is 8.26. The van der Waals surface area contributed by atoms with E-state index in [-0.39, 0.29) is 30.7 Å². The number of likely N-dealkylation sites (N-methyl/N-ethyl adjacent to an activating group) is 2. The number of rotatable bonds is 9. The molecular formula is C17H26FN3O2. The number of amides is 2. The van der Waals surface area contributed by atoms with E-state index in [0.717, 1.165) is 12.0 Å². The van der Waals surface area contributed by atoms with Crippen LogP contribution in [0.25, 0.3) is 0 Å². The molecule has 1 N–H and O–H groups in total. The first-order valence-corrected chi connectivity index (χ1v) is 7.95. The van der Waals surface area contributed by atoms with Gasteiger partial charge in [0.05, 0.1) is 13.1 Å². The van der Waals surface area contributed by atoms with Crippen molar-refractivity contribution in [3.05, 3.63) is 35.6 Å². The maximum Gasteiger partial charge on any atom is 0.237 e. The van der Waals surface area contributed by atoms with Crippen molar-refractivity contribution in [2.24, 2.45) is 0 Å².